The van der Waals surface area contributed by atoms with Gasteiger partial charge in [0.2, 0.25) is 0 Å². The lowest BCUT2D eigenvalue weighted by atomic mass is 10.4. The first-order chi connectivity index (χ1) is 9.05. The van der Waals surface area contributed by atoms with Crippen LogP contribution in [0.2, 0.25) is 0 Å². The zero-order chi connectivity index (χ0) is 14.6. The van der Waals surface area contributed by atoms with Gasteiger partial charge in [0.1, 0.15) is 6.10 Å². The molecule has 0 heterocycles. The number of phosphoric ester groups is 1. The van der Waals surface area contributed by atoms with E-state index in [9.17, 15) is 9.46 Å². The summed E-state index contributed by atoms with van der Waals surface area (Å²) in [7, 11) is -4.18. The van der Waals surface area contributed by atoms with Crippen molar-refractivity contribution >= 4 is 7.82 Å². The van der Waals surface area contributed by atoms with Crippen molar-refractivity contribution in [2.24, 2.45) is 0 Å². The van der Waals surface area contributed by atoms with E-state index in [0.717, 1.165) is 0 Å². The van der Waals surface area contributed by atoms with E-state index in [1.807, 2.05) is 0 Å². The third kappa shape index (κ3) is 11.0. The van der Waals surface area contributed by atoms with Gasteiger partial charge in [-0.2, -0.15) is 0 Å². The van der Waals surface area contributed by atoms with Gasteiger partial charge in [-0.15, -0.1) is 13.2 Å². The number of hydrogen-bond donors (Lipinski definition) is 2. The van der Waals surface area contributed by atoms with Crippen molar-refractivity contribution in [1.82, 2.24) is 0 Å². The molecule has 0 aliphatic heterocycles. The summed E-state index contributed by atoms with van der Waals surface area (Å²) in [6.07, 6.45) is 2.59. The normalized spacial score (nSPS) is 15.7. The molecular formula is C11H21O7P. The monoisotopic (exact) mass is 296 g/mol. The van der Waals surface area contributed by atoms with E-state index < -0.39 is 13.9 Å². The maximum absolute atomic E-state index is 11.3. The Balaban J connectivity index is 4.10. The topological polar surface area (TPSA) is 94.5 Å². The Morgan fingerprint density at radius 3 is 2.42 bits per heavy atom. The molecule has 0 aliphatic rings. The molecule has 0 amide bonds. The molecule has 0 fully saturated rings. The molecule has 7 nitrogen and oxygen atoms in total. The molecule has 0 saturated carbocycles. The number of phosphoric acid groups is 1. The van der Waals surface area contributed by atoms with Crippen LogP contribution >= 0.6 is 7.82 Å². The Morgan fingerprint density at radius 1 is 1.16 bits per heavy atom. The van der Waals surface area contributed by atoms with Gasteiger partial charge in [-0.25, -0.2) is 4.57 Å². The van der Waals surface area contributed by atoms with Crippen LogP contribution < -0.4 is 0 Å². The number of ether oxygens (including phenoxy) is 2. The van der Waals surface area contributed by atoms with Crippen LogP contribution in [0.25, 0.3) is 0 Å². The van der Waals surface area contributed by atoms with Crippen molar-refractivity contribution in [3.63, 3.8) is 0 Å². The van der Waals surface area contributed by atoms with Crippen molar-refractivity contribution < 1.29 is 33.1 Å². The number of aliphatic hydroxyl groups is 1. The molecule has 8 heteroatoms. The second-order valence-corrected chi connectivity index (χ2v) is 4.84. The van der Waals surface area contributed by atoms with Crippen molar-refractivity contribution in [3.8, 4) is 0 Å². The molecule has 1 unspecified atom stereocenters. The van der Waals surface area contributed by atoms with E-state index in [-0.39, 0.29) is 33.0 Å². The molecule has 0 aliphatic carbocycles. The lowest BCUT2D eigenvalue weighted by molar-refractivity contribution is -0.0287. The second-order valence-electron chi connectivity index (χ2n) is 3.39. The molecule has 0 aromatic heterocycles. The van der Waals surface area contributed by atoms with Crippen molar-refractivity contribution in [3.05, 3.63) is 25.3 Å². The SMILES string of the molecule is C=CCOC[C@H](COP(=O)(O)OCCO)OCC=C. The number of rotatable bonds is 13. The van der Waals surface area contributed by atoms with E-state index in [0.29, 0.717) is 6.61 Å². The Labute approximate surface area is 113 Å². The average Bonchev–Trinajstić information content (AvgIpc) is 2.39. The lowest BCUT2D eigenvalue weighted by Gasteiger charge is -2.18. The minimum atomic E-state index is -4.18. The molecule has 0 aromatic rings. The van der Waals surface area contributed by atoms with Gasteiger partial charge < -0.3 is 19.5 Å². The largest absolute Gasteiger partial charge is 0.472 e. The van der Waals surface area contributed by atoms with Crippen LogP contribution in [0, 0.1) is 0 Å². The van der Waals surface area contributed by atoms with Gasteiger partial charge in [-0.05, 0) is 0 Å². The van der Waals surface area contributed by atoms with E-state index in [4.69, 9.17) is 19.1 Å². The Kier molecular flexibility index (Phi) is 11.0. The highest BCUT2D eigenvalue weighted by atomic mass is 31.2. The summed E-state index contributed by atoms with van der Waals surface area (Å²) in [4.78, 5) is 9.26. The van der Waals surface area contributed by atoms with Gasteiger partial charge in [-0.1, -0.05) is 12.2 Å². The highest BCUT2D eigenvalue weighted by Gasteiger charge is 2.23. The van der Waals surface area contributed by atoms with Crippen molar-refractivity contribution in [2.45, 2.75) is 6.10 Å². The number of aliphatic hydroxyl groups excluding tert-OH is 1. The lowest BCUT2D eigenvalue weighted by Crippen LogP contribution is -2.25. The van der Waals surface area contributed by atoms with E-state index in [1.165, 1.54) is 0 Å². The van der Waals surface area contributed by atoms with E-state index >= 15 is 0 Å². The first-order valence-corrected chi connectivity index (χ1v) is 7.19. The van der Waals surface area contributed by atoms with Crippen molar-refractivity contribution in [2.75, 3.05) is 39.6 Å². The maximum Gasteiger partial charge on any atom is 0.472 e. The summed E-state index contributed by atoms with van der Waals surface area (Å²) in [5, 5.41) is 8.49. The molecule has 0 radical (unpaired) electrons. The van der Waals surface area contributed by atoms with Gasteiger partial charge in [0.25, 0.3) is 0 Å². The van der Waals surface area contributed by atoms with Gasteiger partial charge >= 0.3 is 7.82 Å². The van der Waals surface area contributed by atoms with Gasteiger partial charge in [0.05, 0.1) is 39.6 Å². The van der Waals surface area contributed by atoms with Crippen molar-refractivity contribution in [1.29, 1.82) is 0 Å². The fourth-order valence-corrected chi connectivity index (χ4v) is 1.74. The maximum atomic E-state index is 11.3. The molecule has 0 rings (SSSR count). The van der Waals surface area contributed by atoms with E-state index in [1.54, 1.807) is 12.2 Å². The van der Waals surface area contributed by atoms with Crippen LogP contribution in [0.1, 0.15) is 0 Å². The molecule has 19 heavy (non-hydrogen) atoms. The Hall–Kier alpha value is -0.530. The van der Waals surface area contributed by atoms with Gasteiger partial charge in [0.15, 0.2) is 0 Å². The molecule has 0 aromatic carbocycles. The Morgan fingerprint density at radius 2 is 1.84 bits per heavy atom. The summed E-state index contributed by atoms with van der Waals surface area (Å²) in [6.45, 7) is 6.95. The van der Waals surface area contributed by atoms with Crippen LogP contribution in [-0.2, 0) is 23.1 Å². The molecule has 112 valence electrons. The average molecular weight is 296 g/mol. The quantitative estimate of drug-likeness (QED) is 0.296. The van der Waals surface area contributed by atoms with E-state index in [2.05, 4.69) is 17.7 Å². The minimum Gasteiger partial charge on any atom is -0.394 e. The third-order valence-corrected chi connectivity index (χ3v) is 2.74. The molecule has 0 saturated heterocycles. The predicted molar refractivity (Wildman–Crippen MR) is 69.8 cm³/mol. The summed E-state index contributed by atoms with van der Waals surface area (Å²) in [5.41, 5.74) is 0. The fourth-order valence-electron chi connectivity index (χ4n) is 1.00. The molecule has 0 spiro atoms. The van der Waals surface area contributed by atoms with Crippen LogP contribution in [0.5, 0.6) is 0 Å². The standard InChI is InChI=1S/C11H21O7P/c1-3-6-15-9-11(16-7-4-2)10-18-19(13,14)17-8-5-12/h3-4,11-12H,1-2,5-10H2,(H,13,14)/t11-/m1/s1. The van der Waals surface area contributed by atoms with Gasteiger partial charge in [0, 0.05) is 0 Å². The first kappa shape index (κ1) is 18.5. The first-order valence-electron chi connectivity index (χ1n) is 5.69. The highest BCUT2D eigenvalue weighted by Crippen LogP contribution is 2.43. The summed E-state index contributed by atoms with van der Waals surface area (Å²) < 4.78 is 31.0. The zero-order valence-electron chi connectivity index (χ0n) is 10.8. The molecule has 2 N–H and O–H groups in total. The second kappa shape index (κ2) is 11.3. The van der Waals surface area contributed by atoms with Gasteiger partial charge in [-0.3, -0.25) is 9.05 Å². The minimum absolute atomic E-state index is 0.176. The fraction of sp³-hybridized carbons (Fsp3) is 0.636. The van der Waals surface area contributed by atoms with Crippen LogP contribution in [0.4, 0.5) is 0 Å². The smallest absolute Gasteiger partial charge is 0.394 e. The van der Waals surface area contributed by atoms with Crippen LogP contribution in [0.15, 0.2) is 25.3 Å². The Bertz CT molecular complexity index is 295. The molecule has 0 bridgehead atoms. The van der Waals surface area contributed by atoms with Crippen LogP contribution in [0.3, 0.4) is 0 Å². The van der Waals surface area contributed by atoms with Crippen LogP contribution in [-0.4, -0.2) is 55.7 Å². The summed E-state index contributed by atoms with van der Waals surface area (Å²) in [5.74, 6) is 0. The third-order valence-electron chi connectivity index (χ3n) is 1.76. The zero-order valence-corrected chi connectivity index (χ0v) is 11.7. The highest BCUT2D eigenvalue weighted by molar-refractivity contribution is 7.47. The summed E-state index contributed by atoms with van der Waals surface area (Å²) >= 11 is 0. The number of hydrogen-bond acceptors (Lipinski definition) is 6. The predicted octanol–water partition coefficient (Wildman–Crippen LogP) is 0.886. The summed E-state index contributed by atoms with van der Waals surface area (Å²) in [6, 6.07) is 0. The molecule has 2 atom stereocenters. The molecular weight excluding hydrogens is 275 g/mol.